The van der Waals surface area contributed by atoms with Gasteiger partial charge in [0.2, 0.25) is 0 Å². The number of carbonyl (C=O) groups excluding carboxylic acids is 2. The maximum Gasteiger partial charge on any atom is 0.300 e. The molecule has 1 aliphatic rings. The zero-order valence-corrected chi connectivity index (χ0v) is 23.4. The van der Waals surface area contributed by atoms with Crippen molar-refractivity contribution in [2.75, 3.05) is 19.1 Å². The number of Topliss-reactive ketones (excluding diaryl/α,β-unsaturated/α-hetero) is 1. The Bertz CT molecular complexity index is 1420. The molecule has 1 aliphatic heterocycles. The Balaban J connectivity index is 1.92. The predicted molar refractivity (Wildman–Crippen MR) is 152 cm³/mol. The Hall–Kier alpha value is -4.26. The Morgan fingerprint density at radius 2 is 1.59 bits per heavy atom. The number of hydrogen-bond donors (Lipinski definition) is 1. The van der Waals surface area contributed by atoms with Crippen molar-refractivity contribution < 1.29 is 28.9 Å². The van der Waals surface area contributed by atoms with Crippen LogP contribution < -0.4 is 19.1 Å². The summed E-state index contributed by atoms with van der Waals surface area (Å²) in [6, 6.07) is 18.5. The van der Waals surface area contributed by atoms with Crippen LogP contribution in [0.1, 0.15) is 57.4 Å². The number of hydrogen-bond acceptors (Lipinski definition) is 6. The van der Waals surface area contributed by atoms with Gasteiger partial charge in [0.05, 0.1) is 31.9 Å². The third kappa shape index (κ3) is 5.48. The Morgan fingerprint density at radius 1 is 0.897 bits per heavy atom. The first kappa shape index (κ1) is 27.8. The summed E-state index contributed by atoms with van der Waals surface area (Å²) < 4.78 is 16.7. The van der Waals surface area contributed by atoms with Crippen molar-refractivity contribution in [1.29, 1.82) is 0 Å². The fourth-order valence-corrected chi connectivity index (χ4v) is 4.78. The number of nitrogens with zero attached hydrogens (tertiary/aromatic N) is 1. The lowest BCUT2D eigenvalue weighted by molar-refractivity contribution is -0.132. The molecule has 0 saturated carbocycles. The minimum atomic E-state index is -0.878. The summed E-state index contributed by atoms with van der Waals surface area (Å²) in [7, 11) is 3.14. The number of rotatable bonds is 7. The van der Waals surface area contributed by atoms with Crippen LogP contribution in [0.3, 0.4) is 0 Å². The third-order valence-electron chi connectivity index (χ3n) is 6.62. The molecule has 0 radical (unpaired) electrons. The van der Waals surface area contributed by atoms with E-state index in [1.807, 2.05) is 46.8 Å². The Morgan fingerprint density at radius 3 is 2.18 bits per heavy atom. The molecule has 3 aromatic rings. The first-order valence-electron chi connectivity index (χ1n) is 12.9. The van der Waals surface area contributed by atoms with Gasteiger partial charge in [-0.15, -0.1) is 0 Å². The van der Waals surface area contributed by atoms with Crippen LogP contribution in [0.5, 0.6) is 17.2 Å². The molecule has 1 heterocycles. The van der Waals surface area contributed by atoms with E-state index >= 15 is 0 Å². The molecule has 7 heteroatoms. The summed E-state index contributed by atoms with van der Waals surface area (Å²) in [6.07, 6.45) is -0.00986. The zero-order valence-electron chi connectivity index (χ0n) is 23.4. The van der Waals surface area contributed by atoms with Gasteiger partial charge in [-0.3, -0.25) is 14.5 Å². The van der Waals surface area contributed by atoms with E-state index in [1.54, 1.807) is 68.8 Å². The first-order chi connectivity index (χ1) is 18.5. The third-order valence-corrected chi connectivity index (χ3v) is 6.62. The van der Waals surface area contributed by atoms with Gasteiger partial charge in [-0.25, -0.2) is 0 Å². The average Bonchev–Trinajstić information content (AvgIpc) is 3.17. The molecular formula is C32H35NO6. The van der Waals surface area contributed by atoms with Crippen LogP contribution >= 0.6 is 0 Å². The van der Waals surface area contributed by atoms with Gasteiger partial charge in [0.1, 0.15) is 23.0 Å². The normalized spacial score (nSPS) is 17.0. The van der Waals surface area contributed by atoms with Gasteiger partial charge in [-0.05, 0) is 79.4 Å². The molecule has 0 aliphatic carbocycles. The van der Waals surface area contributed by atoms with E-state index in [-0.39, 0.29) is 22.9 Å². The largest absolute Gasteiger partial charge is 0.507 e. The molecule has 4 rings (SSSR count). The summed E-state index contributed by atoms with van der Waals surface area (Å²) in [5, 5.41) is 11.6. The van der Waals surface area contributed by atoms with Crippen molar-refractivity contribution in [3.05, 3.63) is 89.0 Å². The zero-order chi connectivity index (χ0) is 28.5. The minimum Gasteiger partial charge on any atom is -0.507 e. The number of anilines is 1. The van der Waals surface area contributed by atoms with Crippen molar-refractivity contribution in [2.45, 2.75) is 52.2 Å². The number of amides is 1. The molecule has 1 saturated heterocycles. The van der Waals surface area contributed by atoms with E-state index in [9.17, 15) is 14.7 Å². The van der Waals surface area contributed by atoms with E-state index in [0.29, 0.717) is 34.1 Å². The molecule has 1 N–H and O–H groups in total. The monoisotopic (exact) mass is 529 g/mol. The number of aliphatic hydroxyl groups is 1. The van der Waals surface area contributed by atoms with Gasteiger partial charge in [-0.1, -0.05) is 32.9 Å². The van der Waals surface area contributed by atoms with E-state index in [0.717, 1.165) is 5.56 Å². The van der Waals surface area contributed by atoms with E-state index in [4.69, 9.17) is 14.2 Å². The molecule has 7 nitrogen and oxygen atoms in total. The molecule has 1 unspecified atom stereocenters. The molecule has 1 fully saturated rings. The fourth-order valence-electron chi connectivity index (χ4n) is 4.78. The van der Waals surface area contributed by atoms with Gasteiger partial charge in [0.25, 0.3) is 11.7 Å². The maximum atomic E-state index is 13.6. The van der Waals surface area contributed by atoms with Crippen molar-refractivity contribution in [3.8, 4) is 17.2 Å². The van der Waals surface area contributed by atoms with Gasteiger partial charge < -0.3 is 19.3 Å². The summed E-state index contributed by atoms with van der Waals surface area (Å²) in [6.45, 7) is 9.97. The number of methoxy groups -OCH3 is 2. The number of benzene rings is 3. The highest BCUT2D eigenvalue weighted by molar-refractivity contribution is 6.51. The number of carbonyl (C=O) groups is 2. The van der Waals surface area contributed by atoms with Crippen molar-refractivity contribution in [2.24, 2.45) is 0 Å². The summed E-state index contributed by atoms with van der Waals surface area (Å²) in [5.41, 5.74) is 2.13. The van der Waals surface area contributed by atoms with Gasteiger partial charge >= 0.3 is 0 Å². The topological polar surface area (TPSA) is 85.3 Å². The van der Waals surface area contributed by atoms with E-state index in [2.05, 4.69) is 0 Å². The molecule has 0 spiro atoms. The Labute approximate surface area is 229 Å². The molecule has 204 valence electrons. The standard InChI is InChI=1S/C32H35NO6/c1-19(2)39-23-14-12-22(13-15-23)33-28(20-9-8-10-24(17-20)37-6)27(30(35)31(33)36)29(34)21-11-16-26(38-7)25(18-21)32(3,4)5/h8-19,28,34H,1-7H3/b29-27-. The SMILES string of the molecule is COc1cccc(C2/C(=C(/O)c3ccc(OC)c(C(C)(C)C)c3)C(=O)C(=O)N2c2ccc(OC(C)C)cc2)c1. The van der Waals surface area contributed by atoms with E-state index < -0.39 is 17.7 Å². The van der Waals surface area contributed by atoms with Crippen LogP contribution in [-0.2, 0) is 15.0 Å². The molecule has 39 heavy (non-hydrogen) atoms. The van der Waals surface area contributed by atoms with Crippen molar-refractivity contribution in [1.82, 2.24) is 0 Å². The lowest BCUT2D eigenvalue weighted by Crippen LogP contribution is -2.29. The van der Waals surface area contributed by atoms with Crippen LogP contribution in [0.2, 0.25) is 0 Å². The van der Waals surface area contributed by atoms with Crippen molar-refractivity contribution in [3.63, 3.8) is 0 Å². The summed E-state index contributed by atoms with van der Waals surface area (Å²) in [4.78, 5) is 28.5. The maximum absolute atomic E-state index is 13.6. The molecule has 3 aromatic carbocycles. The average molecular weight is 530 g/mol. The fraction of sp³-hybridized carbons (Fsp3) is 0.312. The Kier molecular flexibility index (Phi) is 7.72. The van der Waals surface area contributed by atoms with Gasteiger partial charge in [0, 0.05) is 16.8 Å². The van der Waals surface area contributed by atoms with Gasteiger partial charge in [-0.2, -0.15) is 0 Å². The lowest BCUT2D eigenvalue weighted by atomic mass is 9.84. The second-order valence-corrected chi connectivity index (χ2v) is 10.8. The lowest BCUT2D eigenvalue weighted by Gasteiger charge is -2.26. The van der Waals surface area contributed by atoms with Crippen LogP contribution in [0.4, 0.5) is 5.69 Å². The van der Waals surface area contributed by atoms with Crippen LogP contribution in [-0.4, -0.2) is 37.1 Å². The van der Waals surface area contributed by atoms with Crippen LogP contribution in [0.25, 0.3) is 5.76 Å². The highest BCUT2D eigenvalue weighted by Gasteiger charge is 2.47. The number of aliphatic hydroxyl groups excluding tert-OH is 1. The molecule has 0 bridgehead atoms. The van der Waals surface area contributed by atoms with Gasteiger partial charge in [0.15, 0.2) is 0 Å². The first-order valence-corrected chi connectivity index (χ1v) is 12.9. The quantitative estimate of drug-likeness (QED) is 0.216. The van der Waals surface area contributed by atoms with Crippen LogP contribution in [0, 0.1) is 0 Å². The smallest absolute Gasteiger partial charge is 0.300 e. The van der Waals surface area contributed by atoms with E-state index in [1.165, 1.54) is 4.90 Å². The molecule has 1 amide bonds. The summed E-state index contributed by atoms with van der Waals surface area (Å²) >= 11 is 0. The predicted octanol–water partition coefficient (Wildman–Crippen LogP) is 6.41. The van der Waals surface area contributed by atoms with Crippen molar-refractivity contribution >= 4 is 23.1 Å². The second-order valence-electron chi connectivity index (χ2n) is 10.8. The second kappa shape index (κ2) is 10.8. The molecule has 1 atom stereocenters. The number of ether oxygens (including phenoxy) is 3. The highest BCUT2D eigenvalue weighted by atomic mass is 16.5. The minimum absolute atomic E-state index is 0.000728. The van der Waals surface area contributed by atoms with Crippen LogP contribution in [0.15, 0.2) is 72.3 Å². The number of ketones is 1. The summed E-state index contributed by atoms with van der Waals surface area (Å²) in [5.74, 6) is 0.140. The molecular weight excluding hydrogens is 494 g/mol. The molecule has 0 aromatic heterocycles. The highest BCUT2D eigenvalue weighted by Crippen LogP contribution is 2.44.